The molecule has 3 aromatic rings. The number of fused-ring (bicyclic) bond motifs is 3. The van der Waals surface area contributed by atoms with Gasteiger partial charge >= 0.3 is 5.97 Å². The normalized spacial score (nSPS) is 29.1. The van der Waals surface area contributed by atoms with Gasteiger partial charge in [-0.1, -0.05) is 61.0 Å². The molecule has 3 aromatic carbocycles. The van der Waals surface area contributed by atoms with E-state index in [1.165, 1.54) is 27.4 Å². The van der Waals surface area contributed by atoms with E-state index >= 15 is 0 Å². The summed E-state index contributed by atoms with van der Waals surface area (Å²) in [5.41, 5.74) is -0.713. The molecule has 2 fully saturated rings. The molecule has 8 nitrogen and oxygen atoms in total. The largest absolute Gasteiger partial charge is 0.496 e. The van der Waals surface area contributed by atoms with Gasteiger partial charge in [-0.05, 0) is 35.1 Å². The van der Waals surface area contributed by atoms with E-state index in [2.05, 4.69) is 11.4 Å². The van der Waals surface area contributed by atoms with Gasteiger partial charge in [0.25, 0.3) is 0 Å². The minimum absolute atomic E-state index is 0.0972. The summed E-state index contributed by atoms with van der Waals surface area (Å²) >= 11 is 6.60. The number of hydrogen-bond acceptors (Lipinski definition) is 8. The number of carbonyl (C=O) groups excluding carboxylic acids is 3. The van der Waals surface area contributed by atoms with Gasteiger partial charge < -0.3 is 24.3 Å². The number of ketones is 2. The average molecular weight is 564 g/mol. The second-order valence-corrected chi connectivity index (χ2v) is 11.2. The number of Topliss-reactive ketones (excluding diaryl/α,β-unsaturated/α-hetero) is 2. The van der Waals surface area contributed by atoms with Gasteiger partial charge in [-0.3, -0.25) is 14.4 Å². The van der Waals surface area contributed by atoms with Crippen molar-refractivity contribution >= 4 is 39.9 Å². The van der Waals surface area contributed by atoms with Crippen LogP contribution in [0.25, 0.3) is 10.8 Å². The van der Waals surface area contributed by atoms with Crippen molar-refractivity contribution in [2.45, 2.75) is 43.4 Å². The van der Waals surface area contributed by atoms with Crippen LogP contribution in [-0.2, 0) is 14.3 Å². The molecule has 6 atom stereocenters. The van der Waals surface area contributed by atoms with Crippen molar-refractivity contribution < 1.29 is 33.3 Å². The van der Waals surface area contributed by atoms with Crippen molar-refractivity contribution in [2.75, 3.05) is 21.3 Å². The molecule has 9 heteroatoms. The van der Waals surface area contributed by atoms with Crippen molar-refractivity contribution in [3.63, 3.8) is 0 Å². The predicted octanol–water partition coefficient (Wildman–Crippen LogP) is 4.74. The first-order valence-electron chi connectivity index (χ1n) is 13.3. The van der Waals surface area contributed by atoms with Crippen LogP contribution in [-0.4, -0.2) is 56.5 Å². The number of halogens is 1. The minimum Gasteiger partial charge on any atom is -0.496 e. The Balaban J connectivity index is 1.47. The quantitative estimate of drug-likeness (QED) is 0.359. The molecule has 2 aliphatic heterocycles. The molecule has 0 amide bonds. The molecule has 1 saturated carbocycles. The standard InChI is InChI=1S/C31H30ClNO7/c1-15-11-20-24(28(34)31(15)29(35)25-22(37-2)14-23(38-3)26(32)27(25)40-31)19(13-21(33-20)30(36)39-4)18-10-9-16-7-5-6-8-17(16)12-18/h5-10,12,14-15,19-21,24,33H,11,13H2,1-4H3/t15-,19?,20?,21?,24?,31+/m1/s1. The zero-order valence-electron chi connectivity index (χ0n) is 22.7. The van der Waals surface area contributed by atoms with Gasteiger partial charge in [-0.2, -0.15) is 0 Å². The van der Waals surface area contributed by atoms with Crippen LogP contribution in [0.15, 0.2) is 48.5 Å². The van der Waals surface area contributed by atoms with E-state index in [4.69, 9.17) is 30.5 Å². The van der Waals surface area contributed by atoms with Crippen LogP contribution in [0.4, 0.5) is 0 Å². The molecule has 6 rings (SSSR count). The first-order valence-corrected chi connectivity index (χ1v) is 13.7. The number of nitrogens with one attached hydrogen (secondary N) is 1. The van der Waals surface area contributed by atoms with Crippen molar-refractivity contribution in [3.8, 4) is 17.2 Å². The summed E-state index contributed by atoms with van der Waals surface area (Å²) in [5.74, 6) is -2.07. The van der Waals surface area contributed by atoms with Crippen LogP contribution >= 0.6 is 11.6 Å². The van der Waals surface area contributed by atoms with E-state index in [1.807, 2.05) is 43.3 Å². The highest BCUT2D eigenvalue weighted by Gasteiger charge is 2.66. The van der Waals surface area contributed by atoms with Gasteiger partial charge in [0.05, 0.1) is 21.3 Å². The number of methoxy groups -OCH3 is 3. The summed E-state index contributed by atoms with van der Waals surface area (Å²) in [7, 11) is 4.26. The number of benzene rings is 3. The molecule has 1 aliphatic carbocycles. The predicted molar refractivity (Wildman–Crippen MR) is 149 cm³/mol. The maximum Gasteiger partial charge on any atom is 0.322 e. The first kappa shape index (κ1) is 26.6. The van der Waals surface area contributed by atoms with Crippen LogP contribution in [0, 0.1) is 11.8 Å². The number of piperidine rings is 1. The van der Waals surface area contributed by atoms with Gasteiger partial charge in [-0.15, -0.1) is 0 Å². The van der Waals surface area contributed by atoms with E-state index in [1.54, 1.807) is 0 Å². The molecule has 208 valence electrons. The lowest BCUT2D eigenvalue weighted by Gasteiger charge is -2.50. The molecule has 3 aliphatic rings. The van der Waals surface area contributed by atoms with Gasteiger partial charge in [-0.25, -0.2) is 0 Å². The fraction of sp³-hybridized carbons (Fsp3) is 0.387. The fourth-order valence-electron chi connectivity index (χ4n) is 6.90. The zero-order valence-corrected chi connectivity index (χ0v) is 23.4. The van der Waals surface area contributed by atoms with E-state index < -0.39 is 29.3 Å². The van der Waals surface area contributed by atoms with Crippen LogP contribution in [0.2, 0.25) is 5.02 Å². The fourth-order valence-corrected chi connectivity index (χ4v) is 7.17. The second-order valence-electron chi connectivity index (χ2n) is 10.8. The molecule has 40 heavy (non-hydrogen) atoms. The number of rotatable bonds is 4. The summed E-state index contributed by atoms with van der Waals surface area (Å²) in [6.07, 6.45) is 0.756. The van der Waals surface area contributed by atoms with E-state index in [0.717, 1.165) is 16.3 Å². The van der Waals surface area contributed by atoms with Crippen molar-refractivity contribution in [1.29, 1.82) is 0 Å². The van der Waals surface area contributed by atoms with Crippen molar-refractivity contribution in [2.24, 2.45) is 11.8 Å². The van der Waals surface area contributed by atoms with Gasteiger partial charge in [0.2, 0.25) is 11.4 Å². The van der Waals surface area contributed by atoms with Crippen LogP contribution in [0.3, 0.4) is 0 Å². The lowest BCUT2D eigenvalue weighted by Crippen LogP contribution is -2.68. The molecule has 0 radical (unpaired) electrons. The molecule has 2 heterocycles. The highest BCUT2D eigenvalue weighted by atomic mass is 35.5. The average Bonchev–Trinajstić information content (AvgIpc) is 3.29. The van der Waals surface area contributed by atoms with Gasteiger partial charge in [0.15, 0.2) is 11.5 Å². The van der Waals surface area contributed by atoms with Crippen molar-refractivity contribution in [1.82, 2.24) is 5.32 Å². The Morgan fingerprint density at radius 2 is 1.73 bits per heavy atom. The van der Waals surface area contributed by atoms with Gasteiger partial charge in [0.1, 0.15) is 28.1 Å². The Morgan fingerprint density at radius 1 is 1.00 bits per heavy atom. The summed E-state index contributed by atoms with van der Waals surface area (Å²) < 4.78 is 22.3. The smallest absolute Gasteiger partial charge is 0.322 e. The Hall–Kier alpha value is -3.62. The van der Waals surface area contributed by atoms with Crippen LogP contribution in [0.5, 0.6) is 17.2 Å². The summed E-state index contributed by atoms with van der Waals surface area (Å²) in [6.45, 7) is 1.82. The third kappa shape index (κ3) is 3.73. The number of hydrogen-bond donors (Lipinski definition) is 1. The lowest BCUT2D eigenvalue weighted by molar-refractivity contribution is -0.152. The zero-order chi connectivity index (χ0) is 28.3. The van der Waals surface area contributed by atoms with E-state index in [9.17, 15) is 14.4 Å². The molecule has 1 N–H and O–H groups in total. The number of carbonyl (C=O) groups is 3. The third-order valence-corrected chi connectivity index (χ3v) is 9.21. The molecular weight excluding hydrogens is 534 g/mol. The molecule has 1 saturated heterocycles. The maximum atomic E-state index is 14.7. The third-order valence-electron chi connectivity index (χ3n) is 8.85. The highest BCUT2D eigenvalue weighted by Crippen LogP contribution is 2.56. The second kappa shape index (κ2) is 9.78. The van der Waals surface area contributed by atoms with Crippen LogP contribution < -0.4 is 19.5 Å². The van der Waals surface area contributed by atoms with Crippen LogP contribution in [0.1, 0.15) is 41.6 Å². The monoisotopic (exact) mass is 563 g/mol. The molecule has 1 spiro atoms. The SMILES string of the molecule is COC(=O)C1CC(c2ccc3ccccc3c2)C2C(=O)[C@@]3(Oc4c(Cl)c(OC)cc(OC)c4C3=O)[C@H](C)CC2N1. The summed E-state index contributed by atoms with van der Waals surface area (Å²) in [5, 5.41) is 5.58. The minimum atomic E-state index is -1.78. The van der Waals surface area contributed by atoms with Crippen molar-refractivity contribution in [3.05, 3.63) is 64.7 Å². The highest BCUT2D eigenvalue weighted by molar-refractivity contribution is 6.36. The number of esters is 1. The van der Waals surface area contributed by atoms with E-state index in [-0.39, 0.29) is 51.5 Å². The Bertz CT molecular complexity index is 1550. The Labute approximate surface area is 236 Å². The number of ether oxygens (including phenoxy) is 4. The Morgan fingerprint density at radius 3 is 2.42 bits per heavy atom. The first-order chi connectivity index (χ1) is 19.2. The van der Waals surface area contributed by atoms with E-state index in [0.29, 0.717) is 12.8 Å². The van der Waals surface area contributed by atoms with Gasteiger partial charge in [0, 0.05) is 23.9 Å². The molecule has 0 bridgehead atoms. The molecular formula is C31H30ClNO7. The Kier molecular flexibility index (Phi) is 6.50. The molecule has 4 unspecified atom stereocenters. The summed E-state index contributed by atoms with van der Waals surface area (Å²) in [4.78, 5) is 41.7. The summed E-state index contributed by atoms with van der Waals surface area (Å²) in [6, 6.07) is 14.6. The topological polar surface area (TPSA) is 100 Å². The molecule has 0 aromatic heterocycles. The maximum absolute atomic E-state index is 14.7. The lowest BCUT2D eigenvalue weighted by atomic mass is 9.59.